The van der Waals surface area contributed by atoms with Crippen LogP contribution in [0.5, 0.6) is 0 Å². The van der Waals surface area contributed by atoms with E-state index in [1.807, 2.05) is 37.3 Å². The highest BCUT2D eigenvalue weighted by atomic mass is 16.2. The normalized spacial score (nSPS) is 24.0. The Balaban J connectivity index is 1.58. The van der Waals surface area contributed by atoms with Crippen LogP contribution in [0.15, 0.2) is 30.3 Å². The molecule has 0 radical (unpaired) electrons. The Morgan fingerprint density at radius 2 is 1.82 bits per heavy atom. The summed E-state index contributed by atoms with van der Waals surface area (Å²) >= 11 is 0. The lowest BCUT2D eigenvalue weighted by Gasteiger charge is -2.21. The minimum atomic E-state index is -0.137. The first-order valence-corrected chi connectivity index (χ1v) is 8.37. The Kier molecular flexibility index (Phi) is 4.46. The van der Waals surface area contributed by atoms with Gasteiger partial charge in [0.25, 0.3) is 0 Å². The van der Waals surface area contributed by atoms with Crippen LogP contribution in [-0.4, -0.2) is 24.4 Å². The molecule has 2 aliphatic rings. The van der Waals surface area contributed by atoms with Gasteiger partial charge in [0, 0.05) is 18.3 Å². The number of hydrogen-bond donors (Lipinski definition) is 1. The lowest BCUT2D eigenvalue weighted by atomic mass is 10.2. The van der Waals surface area contributed by atoms with Crippen LogP contribution in [0.1, 0.15) is 39.0 Å². The molecule has 1 aromatic rings. The molecular weight excluding hydrogens is 276 g/mol. The number of amides is 2. The molecule has 0 aromatic heterocycles. The molecule has 4 nitrogen and oxygen atoms in total. The second-order valence-electron chi connectivity index (χ2n) is 6.36. The van der Waals surface area contributed by atoms with Gasteiger partial charge in [0.2, 0.25) is 11.8 Å². The van der Waals surface area contributed by atoms with Gasteiger partial charge in [0.15, 0.2) is 0 Å². The average Bonchev–Trinajstić information content (AvgIpc) is 3.19. The van der Waals surface area contributed by atoms with E-state index in [2.05, 4.69) is 5.32 Å². The van der Waals surface area contributed by atoms with E-state index in [0.29, 0.717) is 19.0 Å². The van der Waals surface area contributed by atoms with Crippen molar-refractivity contribution >= 4 is 17.5 Å². The van der Waals surface area contributed by atoms with Crippen LogP contribution in [0, 0.1) is 11.8 Å². The number of para-hydroxylation sites is 1. The first-order valence-electron chi connectivity index (χ1n) is 8.37. The van der Waals surface area contributed by atoms with Gasteiger partial charge in [-0.3, -0.25) is 9.59 Å². The number of carbonyl (C=O) groups is 2. The maximum Gasteiger partial charge on any atom is 0.230 e. The van der Waals surface area contributed by atoms with Crippen LogP contribution in [0.4, 0.5) is 5.69 Å². The van der Waals surface area contributed by atoms with E-state index in [9.17, 15) is 9.59 Å². The lowest BCUT2D eigenvalue weighted by Crippen LogP contribution is -2.37. The van der Waals surface area contributed by atoms with Crippen molar-refractivity contribution < 1.29 is 9.59 Å². The molecule has 1 N–H and O–H groups in total. The van der Waals surface area contributed by atoms with E-state index < -0.39 is 0 Å². The minimum Gasteiger partial charge on any atom is -0.353 e. The number of carbonyl (C=O) groups excluding carboxylic acids is 2. The van der Waals surface area contributed by atoms with Crippen LogP contribution in [0.25, 0.3) is 0 Å². The summed E-state index contributed by atoms with van der Waals surface area (Å²) in [7, 11) is 0. The highest BCUT2D eigenvalue weighted by Crippen LogP contribution is 2.41. The van der Waals surface area contributed by atoms with Crippen molar-refractivity contribution in [2.24, 2.45) is 11.8 Å². The van der Waals surface area contributed by atoms with Crippen molar-refractivity contribution in [2.75, 3.05) is 11.4 Å². The van der Waals surface area contributed by atoms with Crippen LogP contribution in [0.2, 0.25) is 0 Å². The molecule has 2 amide bonds. The smallest absolute Gasteiger partial charge is 0.230 e. The van der Waals surface area contributed by atoms with Crippen molar-refractivity contribution in [3.05, 3.63) is 30.3 Å². The van der Waals surface area contributed by atoms with E-state index >= 15 is 0 Å². The van der Waals surface area contributed by atoms with Crippen molar-refractivity contribution in [1.29, 1.82) is 0 Å². The first kappa shape index (κ1) is 15.1. The Morgan fingerprint density at radius 1 is 1.14 bits per heavy atom. The zero-order valence-electron chi connectivity index (χ0n) is 13.1. The number of hydrogen-bond acceptors (Lipinski definition) is 2. The SMILES string of the molecule is CCN(C(=O)C1CC1C(=O)NC1CCCC1)c1ccccc1. The van der Waals surface area contributed by atoms with Gasteiger partial charge in [-0.1, -0.05) is 31.0 Å². The zero-order chi connectivity index (χ0) is 15.5. The number of benzene rings is 1. The molecule has 2 atom stereocenters. The Hall–Kier alpha value is -1.84. The summed E-state index contributed by atoms with van der Waals surface area (Å²) in [5, 5.41) is 3.11. The van der Waals surface area contributed by atoms with Gasteiger partial charge in [0.05, 0.1) is 11.8 Å². The monoisotopic (exact) mass is 300 g/mol. The van der Waals surface area contributed by atoms with E-state index in [-0.39, 0.29) is 23.7 Å². The molecular formula is C18H24N2O2. The molecule has 3 rings (SSSR count). The third-order valence-corrected chi connectivity index (χ3v) is 4.80. The molecule has 2 unspecified atom stereocenters. The fourth-order valence-corrected chi connectivity index (χ4v) is 3.41. The molecule has 4 heteroatoms. The molecule has 118 valence electrons. The summed E-state index contributed by atoms with van der Waals surface area (Å²) < 4.78 is 0. The summed E-state index contributed by atoms with van der Waals surface area (Å²) in [6, 6.07) is 10.0. The standard InChI is InChI=1S/C18H24N2O2/c1-2-20(14-10-4-3-5-11-14)18(22)16-12-15(16)17(21)19-13-8-6-7-9-13/h3-5,10-11,13,15-16H,2,6-9,12H2,1H3,(H,19,21). The predicted molar refractivity (Wildman–Crippen MR) is 86.5 cm³/mol. The summed E-state index contributed by atoms with van der Waals surface area (Å²) in [6.45, 7) is 2.61. The van der Waals surface area contributed by atoms with Crippen molar-refractivity contribution in [1.82, 2.24) is 5.32 Å². The minimum absolute atomic E-state index is 0.0781. The Labute approximate surface area is 131 Å². The van der Waals surface area contributed by atoms with Crippen molar-refractivity contribution in [3.8, 4) is 0 Å². The van der Waals surface area contributed by atoms with E-state index in [1.165, 1.54) is 12.8 Å². The van der Waals surface area contributed by atoms with Crippen LogP contribution in [0.3, 0.4) is 0 Å². The van der Waals surface area contributed by atoms with Crippen molar-refractivity contribution in [2.45, 2.75) is 45.1 Å². The fraction of sp³-hybridized carbons (Fsp3) is 0.556. The molecule has 0 heterocycles. The summed E-state index contributed by atoms with van der Waals surface area (Å²) in [4.78, 5) is 26.7. The first-order chi connectivity index (χ1) is 10.7. The summed E-state index contributed by atoms with van der Waals surface area (Å²) in [5.74, 6) is -0.0953. The summed E-state index contributed by atoms with van der Waals surface area (Å²) in [5.41, 5.74) is 0.914. The van der Waals surface area contributed by atoms with Crippen molar-refractivity contribution in [3.63, 3.8) is 0 Å². The molecule has 2 fully saturated rings. The average molecular weight is 300 g/mol. The molecule has 0 saturated heterocycles. The maximum atomic E-state index is 12.6. The van der Waals surface area contributed by atoms with Gasteiger partial charge in [-0.2, -0.15) is 0 Å². The van der Waals surface area contributed by atoms with Gasteiger partial charge >= 0.3 is 0 Å². The molecule has 0 aliphatic heterocycles. The maximum absolute atomic E-state index is 12.6. The Morgan fingerprint density at radius 3 is 2.45 bits per heavy atom. The van der Waals surface area contributed by atoms with Gasteiger partial charge in [-0.25, -0.2) is 0 Å². The fourth-order valence-electron chi connectivity index (χ4n) is 3.41. The zero-order valence-corrected chi connectivity index (χ0v) is 13.1. The predicted octanol–water partition coefficient (Wildman–Crippen LogP) is 2.73. The quantitative estimate of drug-likeness (QED) is 0.909. The summed E-state index contributed by atoms with van der Waals surface area (Å²) in [6.07, 6.45) is 5.27. The van der Waals surface area contributed by atoms with Gasteiger partial charge in [-0.05, 0) is 38.3 Å². The second-order valence-corrected chi connectivity index (χ2v) is 6.36. The molecule has 1 aromatic carbocycles. The highest BCUT2D eigenvalue weighted by molar-refractivity contribution is 6.01. The number of nitrogens with zero attached hydrogens (tertiary/aromatic N) is 1. The lowest BCUT2D eigenvalue weighted by molar-refractivity contribution is -0.126. The van der Waals surface area contributed by atoms with Gasteiger partial charge < -0.3 is 10.2 Å². The second kappa shape index (κ2) is 6.51. The van der Waals surface area contributed by atoms with Crippen LogP contribution in [-0.2, 0) is 9.59 Å². The van der Waals surface area contributed by atoms with E-state index in [1.54, 1.807) is 4.90 Å². The van der Waals surface area contributed by atoms with Crippen LogP contribution < -0.4 is 10.2 Å². The molecule has 0 spiro atoms. The van der Waals surface area contributed by atoms with E-state index in [0.717, 1.165) is 18.5 Å². The largest absolute Gasteiger partial charge is 0.353 e. The van der Waals surface area contributed by atoms with Crippen LogP contribution >= 0.6 is 0 Å². The van der Waals surface area contributed by atoms with Gasteiger partial charge in [-0.15, -0.1) is 0 Å². The highest BCUT2D eigenvalue weighted by Gasteiger charge is 2.49. The molecule has 0 bridgehead atoms. The third kappa shape index (κ3) is 3.16. The topological polar surface area (TPSA) is 49.4 Å². The molecule has 2 saturated carbocycles. The number of rotatable bonds is 5. The third-order valence-electron chi connectivity index (χ3n) is 4.80. The van der Waals surface area contributed by atoms with Gasteiger partial charge in [0.1, 0.15) is 0 Å². The van der Waals surface area contributed by atoms with E-state index in [4.69, 9.17) is 0 Å². The Bertz CT molecular complexity index is 537. The molecule has 22 heavy (non-hydrogen) atoms. The number of nitrogens with one attached hydrogen (secondary N) is 1. The number of anilines is 1. The molecule has 2 aliphatic carbocycles.